The average Bonchev–Trinajstić information content (AvgIpc) is 2.88. The number of nitrogens with zero attached hydrogens (tertiary/aromatic N) is 1. The summed E-state index contributed by atoms with van der Waals surface area (Å²) in [5.41, 5.74) is 6.22. The Bertz CT molecular complexity index is 645. The highest BCUT2D eigenvalue weighted by Crippen LogP contribution is 2.28. The Morgan fingerprint density at radius 3 is 2.54 bits per heavy atom. The zero-order valence-corrected chi connectivity index (χ0v) is 16.0. The van der Waals surface area contributed by atoms with Crippen LogP contribution in [-0.2, 0) is 22.4 Å². The van der Waals surface area contributed by atoms with Crippen molar-refractivity contribution in [2.24, 2.45) is 0 Å². The van der Waals surface area contributed by atoms with Gasteiger partial charge in [-0.25, -0.2) is 0 Å². The highest BCUT2D eigenvalue weighted by atomic mass is 32.1. The summed E-state index contributed by atoms with van der Waals surface area (Å²) in [6, 6.07) is 1.96. The van der Waals surface area contributed by atoms with Gasteiger partial charge in [0, 0.05) is 17.8 Å². The molecule has 2 heterocycles. The third-order valence-corrected chi connectivity index (χ3v) is 6.28. The number of carbonyl (C=O) groups is 3. The zero-order valence-electron chi connectivity index (χ0n) is 15.1. The second kappa shape index (κ2) is 9.16. The van der Waals surface area contributed by atoms with E-state index in [9.17, 15) is 14.4 Å². The molecule has 6 nitrogen and oxygen atoms in total. The minimum Gasteiger partial charge on any atom is -0.333 e. The molecule has 2 N–H and O–H groups in total. The van der Waals surface area contributed by atoms with E-state index in [0.29, 0.717) is 17.8 Å². The first-order valence-corrected chi connectivity index (χ1v) is 10.4. The molecule has 1 fully saturated rings. The summed E-state index contributed by atoms with van der Waals surface area (Å²) >= 11 is 1.53. The molecule has 2 aliphatic rings. The largest absolute Gasteiger partial charge is 0.333 e. The van der Waals surface area contributed by atoms with E-state index in [1.165, 1.54) is 47.5 Å². The number of aryl methyl sites for hydroxylation is 2. The highest BCUT2D eigenvalue weighted by Gasteiger charge is 2.20. The second-order valence-electron chi connectivity index (χ2n) is 7.10. The van der Waals surface area contributed by atoms with Gasteiger partial charge >= 0.3 is 0 Å². The Morgan fingerprint density at radius 2 is 1.69 bits per heavy atom. The average molecular weight is 378 g/mol. The standard InChI is InChI=1S/C19H27N3O3S/c23-17(13-22-11-7-3-6-10-18(22)24)20-21-19(25)16-12-14-8-4-1-2-5-9-15(14)26-16/h12H,1-11,13H2,(H,20,23)(H,21,25). The van der Waals surface area contributed by atoms with Crippen molar-refractivity contribution in [3.05, 3.63) is 21.4 Å². The Morgan fingerprint density at radius 1 is 0.962 bits per heavy atom. The SMILES string of the molecule is O=C(CN1CCCCCC1=O)NNC(=O)c1cc2c(s1)CCCCCC2. The molecule has 3 amide bonds. The fourth-order valence-corrected chi connectivity index (χ4v) is 4.71. The van der Waals surface area contributed by atoms with Gasteiger partial charge in [0.15, 0.2) is 0 Å². The van der Waals surface area contributed by atoms with Crippen LogP contribution >= 0.6 is 11.3 Å². The molecular formula is C19H27N3O3S. The molecular weight excluding hydrogens is 350 g/mol. The quantitative estimate of drug-likeness (QED) is 0.795. The Labute approximate surface area is 158 Å². The van der Waals surface area contributed by atoms with E-state index < -0.39 is 0 Å². The van der Waals surface area contributed by atoms with Crippen molar-refractivity contribution in [1.29, 1.82) is 0 Å². The van der Waals surface area contributed by atoms with Crippen LogP contribution in [0.1, 0.15) is 71.5 Å². The number of nitrogens with one attached hydrogen (secondary N) is 2. The first-order valence-electron chi connectivity index (χ1n) is 9.62. The van der Waals surface area contributed by atoms with Crippen molar-refractivity contribution in [2.75, 3.05) is 13.1 Å². The van der Waals surface area contributed by atoms with Gasteiger partial charge in [-0.2, -0.15) is 0 Å². The van der Waals surface area contributed by atoms with Crippen molar-refractivity contribution in [2.45, 2.75) is 64.2 Å². The molecule has 3 rings (SSSR count). The van der Waals surface area contributed by atoms with Crippen molar-refractivity contribution in [3.8, 4) is 0 Å². The van der Waals surface area contributed by atoms with Gasteiger partial charge in [0.1, 0.15) is 6.54 Å². The molecule has 26 heavy (non-hydrogen) atoms. The number of hydrogen-bond acceptors (Lipinski definition) is 4. The molecule has 142 valence electrons. The lowest BCUT2D eigenvalue weighted by molar-refractivity contribution is -0.135. The molecule has 0 spiro atoms. The second-order valence-corrected chi connectivity index (χ2v) is 8.24. The molecule has 0 unspecified atom stereocenters. The minimum atomic E-state index is -0.358. The number of fused-ring (bicyclic) bond motifs is 1. The van der Waals surface area contributed by atoms with Crippen LogP contribution in [0.3, 0.4) is 0 Å². The monoisotopic (exact) mass is 377 g/mol. The Balaban J connectivity index is 1.51. The molecule has 1 aliphatic heterocycles. The maximum atomic E-state index is 12.4. The number of hydrazine groups is 1. The molecule has 0 bridgehead atoms. The van der Waals surface area contributed by atoms with E-state index >= 15 is 0 Å². The maximum Gasteiger partial charge on any atom is 0.279 e. The topological polar surface area (TPSA) is 78.5 Å². The summed E-state index contributed by atoms with van der Waals surface area (Å²) in [5.74, 6) is -0.622. The van der Waals surface area contributed by atoms with Crippen LogP contribution in [-0.4, -0.2) is 35.7 Å². The summed E-state index contributed by atoms with van der Waals surface area (Å²) < 4.78 is 0. The van der Waals surface area contributed by atoms with E-state index in [2.05, 4.69) is 10.9 Å². The van der Waals surface area contributed by atoms with Gasteiger partial charge in [-0.3, -0.25) is 25.2 Å². The summed E-state index contributed by atoms with van der Waals surface area (Å²) in [6.45, 7) is 0.609. The van der Waals surface area contributed by atoms with Crippen LogP contribution in [0.5, 0.6) is 0 Å². The summed E-state index contributed by atoms with van der Waals surface area (Å²) in [7, 11) is 0. The maximum absolute atomic E-state index is 12.4. The van der Waals surface area contributed by atoms with E-state index in [-0.39, 0.29) is 24.3 Å². The number of carbonyl (C=O) groups excluding carboxylic acids is 3. The molecule has 1 saturated heterocycles. The molecule has 1 aromatic rings. The zero-order chi connectivity index (χ0) is 18.4. The van der Waals surface area contributed by atoms with Crippen molar-refractivity contribution in [3.63, 3.8) is 0 Å². The molecule has 0 saturated carbocycles. The molecule has 0 aromatic carbocycles. The van der Waals surface area contributed by atoms with Gasteiger partial charge < -0.3 is 4.90 Å². The third kappa shape index (κ3) is 5.06. The normalized spacial score (nSPS) is 18.3. The van der Waals surface area contributed by atoms with E-state index in [1.807, 2.05) is 6.07 Å². The summed E-state index contributed by atoms with van der Waals surface area (Å²) in [4.78, 5) is 39.9. The lowest BCUT2D eigenvalue weighted by Crippen LogP contribution is -2.47. The van der Waals surface area contributed by atoms with Crippen LogP contribution < -0.4 is 10.9 Å². The number of rotatable bonds is 3. The first-order chi connectivity index (χ1) is 12.6. The summed E-state index contributed by atoms with van der Waals surface area (Å²) in [5, 5.41) is 0. The van der Waals surface area contributed by atoms with Crippen molar-refractivity contribution >= 4 is 29.1 Å². The number of amides is 3. The smallest absolute Gasteiger partial charge is 0.279 e. The Hall–Kier alpha value is -1.89. The van der Waals surface area contributed by atoms with E-state index in [1.54, 1.807) is 4.90 Å². The van der Waals surface area contributed by atoms with Crippen LogP contribution in [0.15, 0.2) is 6.07 Å². The van der Waals surface area contributed by atoms with Gasteiger partial charge in [0.25, 0.3) is 11.8 Å². The van der Waals surface area contributed by atoms with Crippen LogP contribution in [0.25, 0.3) is 0 Å². The number of hydrogen-bond donors (Lipinski definition) is 2. The van der Waals surface area contributed by atoms with Crippen LogP contribution in [0, 0.1) is 0 Å². The van der Waals surface area contributed by atoms with Gasteiger partial charge in [-0.1, -0.05) is 19.3 Å². The first kappa shape index (κ1) is 18.9. The van der Waals surface area contributed by atoms with Gasteiger partial charge in [0.2, 0.25) is 5.91 Å². The van der Waals surface area contributed by atoms with E-state index in [0.717, 1.165) is 32.1 Å². The fraction of sp³-hybridized carbons (Fsp3) is 0.632. The number of likely N-dealkylation sites (tertiary alicyclic amines) is 1. The van der Waals surface area contributed by atoms with Gasteiger partial charge in [-0.05, 0) is 50.2 Å². The molecule has 1 aromatic heterocycles. The minimum absolute atomic E-state index is 0.0000534. The third-order valence-electron chi connectivity index (χ3n) is 5.04. The summed E-state index contributed by atoms with van der Waals surface area (Å²) in [6.07, 6.45) is 10.2. The molecule has 0 radical (unpaired) electrons. The predicted molar refractivity (Wildman–Crippen MR) is 101 cm³/mol. The Kier molecular flexibility index (Phi) is 6.66. The van der Waals surface area contributed by atoms with Crippen LogP contribution in [0.4, 0.5) is 0 Å². The van der Waals surface area contributed by atoms with Gasteiger partial charge in [0.05, 0.1) is 4.88 Å². The lowest BCUT2D eigenvalue weighted by Gasteiger charge is -2.19. The number of thiophene rings is 1. The molecule has 7 heteroatoms. The van der Waals surface area contributed by atoms with Crippen LogP contribution in [0.2, 0.25) is 0 Å². The predicted octanol–water partition coefficient (Wildman–Crippen LogP) is 2.57. The lowest BCUT2D eigenvalue weighted by atomic mass is 10.00. The van der Waals surface area contributed by atoms with E-state index in [4.69, 9.17) is 0 Å². The molecule has 0 atom stereocenters. The van der Waals surface area contributed by atoms with Crippen molar-refractivity contribution in [1.82, 2.24) is 15.8 Å². The van der Waals surface area contributed by atoms with Gasteiger partial charge in [-0.15, -0.1) is 11.3 Å². The van der Waals surface area contributed by atoms with Crippen molar-refractivity contribution < 1.29 is 14.4 Å². The molecule has 1 aliphatic carbocycles. The fourth-order valence-electron chi connectivity index (χ4n) is 3.56. The highest BCUT2D eigenvalue weighted by molar-refractivity contribution is 7.14.